The molecule has 6 heteroatoms. The van der Waals surface area contributed by atoms with Crippen LogP contribution in [0, 0.1) is 6.92 Å². The Bertz CT molecular complexity index is 657. The minimum Gasteiger partial charge on any atom is -0.338 e. The third-order valence-electron chi connectivity index (χ3n) is 3.92. The van der Waals surface area contributed by atoms with Crippen molar-refractivity contribution in [1.82, 2.24) is 9.88 Å². The summed E-state index contributed by atoms with van der Waals surface area (Å²) in [6.07, 6.45) is 5.97. The summed E-state index contributed by atoms with van der Waals surface area (Å²) in [7, 11) is 0. The lowest BCUT2D eigenvalue weighted by atomic mass is 10.1. The first-order valence-corrected chi connectivity index (χ1v) is 9.68. The number of hydrogen-bond donors (Lipinski definition) is 0. The molecular weight excluding hydrogens is 336 g/mol. The highest BCUT2D eigenvalue weighted by Gasteiger charge is 2.22. The molecule has 2 aromatic rings. The van der Waals surface area contributed by atoms with Gasteiger partial charge in [-0.25, -0.2) is 4.98 Å². The number of thiazole rings is 1. The molecule has 0 aromatic carbocycles. The molecule has 3 rings (SSSR count). The van der Waals surface area contributed by atoms with Gasteiger partial charge in [0.2, 0.25) is 0 Å². The Morgan fingerprint density at radius 1 is 1.14 bits per heavy atom. The summed E-state index contributed by atoms with van der Waals surface area (Å²) in [6.45, 7) is 3.67. The van der Waals surface area contributed by atoms with Crippen LogP contribution < -0.4 is 0 Å². The second-order valence-electron chi connectivity index (χ2n) is 5.60. The number of carbonyl (C=O) groups excluding carboxylic acids is 1. The predicted molar refractivity (Wildman–Crippen MR) is 94.2 cm³/mol. The van der Waals surface area contributed by atoms with E-state index in [0.29, 0.717) is 0 Å². The first kappa shape index (κ1) is 16.0. The summed E-state index contributed by atoms with van der Waals surface area (Å²) >= 11 is 8.99. The lowest BCUT2D eigenvalue weighted by Gasteiger charge is -2.24. The highest BCUT2D eigenvalue weighted by Crippen LogP contribution is 2.35. The number of amides is 1. The second-order valence-corrected chi connectivity index (χ2v) is 8.31. The molecule has 0 saturated carbocycles. The highest BCUT2D eigenvalue weighted by atomic mass is 35.5. The second kappa shape index (κ2) is 7.11. The van der Waals surface area contributed by atoms with Gasteiger partial charge in [0.05, 0.1) is 14.9 Å². The van der Waals surface area contributed by atoms with Crippen LogP contribution in [0.25, 0.3) is 9.88 Å². The summed E-state index contributed by atoms with van der Waals surface area (Å²) in [6, 6.07) is 3.84. The van der Waals surface area contributed by atoms with E-state index in [1.54, 1.807) is 0 Å². The van der Waals surface area contributed by atoms with Crippen molar-refractivity contribution >= 4 is 40.2 Å². The van der Waals surface area contributed by atoms with Crippen LogP contribution in [0.4, 0.5) is 0 Å². The Morgan fingerprint density at radius 3 is 2.45 bits per heavy atom. The molecule has 3 heterocycles. The van der Waals surface area contributed by atoms with Crippen molar-refractivity contribution < 1.29 is 4.79 Å². The van der Waals surface area contributed by atoms with E-state index in [-0.39, 0.29) is 5.91 Å². The fourth-order valence-electron chi connectivity index (χ4n) is 2.72. The number of halogens is 1. The van der Waals surface area contributed by atoms with Crippen molar-refractivity contribution in [3.8, 4) is 9.88 Å². The molecule has 0 atom stereocenters. The van der Waals surface area contributed by atoms with Crippen LogP contribution in [0.1, 0.15) is 47.5 Å². The van der Waals surface area contributed by atoms with E-state index in [2.05, 4.69) is 4.98 Å². The Kier molecular flexibility index (Phi) is 5.16. The molecular formula is C16H19ClN2OS2. The predicted octanol–water partition coefficient (Wildman–Crippen LogP) is 5.24. The van der Waals surface area contributed by atoms with E-state index < -0.39 is 0 Å². The molecule has 1 saturated heterocycles. The van der Waals surface area contributed by atoms with Gasteiger partial charge in [0.15, 0.2) is 0 Å². The average Bonchev–Trinajstić information content (AvgIpc) is 3.04. The van der Waals surface area contributed by atoms with Crippen LogP contribution in [0.2, 0.25) is 4.34 Å². The van der Waals surface area contributed by atoms with Crippen molar-refractivity contribution in [3.05, 3.63) is 27.0 Å². The van der Waals surface area contributed by atoms with Crippen molar-refractivity contribution in [2.45, 2.75) is 39.0 Å². The smallest absolute Gasteiger partial charge is 0.265 e. The molecule has 0 unspecified atom stereocenters. The molecule has 0 aliphatic carbocycles. The summed E-state index contributed by atoms with van der Waals surface area (Å²) in [5, 5.41) is 0.893. The minimum atomic E-state index is 0.144. The van der Waals surface area contributed by atoms with E-state index in [0.717, 1.165) is 50.7 Å². The molecule has 0 bridgehead atoms. The Labute approximate surface area is 143 Å². The summed E-state index contributed by atoms with van der Waals surface area (Å²) < 4.78 is 0.750. The van der Waals surface area contributed by atoms with Gasteiger partial charge in [0.25, 0.3) is 5.91 Å². The maximum absolute atomic E-state index is 12.8. The van der Waals surface area contributed by atoms with Crippen LogP contribution >= 0.6 is 34.3 Å². The normalized spacial score (nSPS) is 16.4. The first-order valence-electron chi connectivity index (χ1n) is 7.67. The summed E-state index contributed by atoms with van der Waals surface area (Å²) in [4.78, 5) is 21.2. The maximum atomic E-state index is 12.8. The molecule has 1 amide bonds. The van der Waals surface area contributed by atoms with Gasteiger partial charge in [-0.1, -0.05) is 30.9 Å². The molecule has 1 aliphatic heterocycles. The fourth-order valence-corrected chi connectivity index (χ4v) is 4.86. The fraction of sp³-hybridized carbons (Fsp3) is 0.500. The van der Waals surface area contributed by atoms with Crippen LogP contribution in [0.15, 0.2) is 12.1 Å². The van der Waals surface area contributed by atoms with Gasteiger partial charge < -0.3 is 4.90 Å². The Morgan fingerprint density at radius 2 is 1.82 bits per heavy atom. The van der Waals surface area contributed by atoms with Crippen LogP contribution in [-0.4, -0.2) is 28.9 Å². The molecule has 1 aliphatic rings. The Balaban J connectivity index is 1.81. The summed E-state index contributed by atoms with van der Waals surface area (Å²) in [5.41, 5.74) is 0.830. The molecule has 0 spiro atoms. The number of likely N-dealkylation sites (tertiary alicyclic amines) is 1. The number of thiophene rings is 1. The van der Waals surface area contributed by atoms with Crippen molar-refractivity contribution in [3.63, 3.8) is 0 Å². The molecule has 22 heavy (non-hydrogen) atoms. The average molecular weight is 355 g/mol. The van der Waals surface area contributed by atoms with Crippen LogP contribution in [0.5, 0.6) is 0 Å². The van der Waals surface area contributed by atoms with E-state index in [1.807, 2.05) is 24.0 Å². The molecule has 2 aromatic heterocycles. The van der Waals surface area contributed by atoms with Crippen LogP contribution in [0.3, 0.4) is 0 Å². The van der Waals surface area contributed by atoms with Gasteiger partial charge in [0.1, 0.15) is 9.88 Å². The first-order chi connectivity index (χ1) is 10.6. The minimum absolute atomic E-state index is 0.144. The van der Waals surface area contributed by atoms with Gasteiger partial charge in [-0.2, -0.15) is 0 Å². The zero-order valence-corrected chi connectivity index (χ0v) is 15.0. The molecule has 1 fully saturated rings. The SMILES string of the molecule is Cc1nc(-c2ccc(Cl)s2)sc1C(=O)N1CCCCCCC1. The summed E-state index contributed by atoms with van der Waals surface area (Å²) in [5.74, 6) is 0.144. The molecule has 0 N–H and O–H groups in total. The number of carbonyl (C=O) groups is 1. The largest absolute Gasteiger partial charge is 0.338 e. The maximum Gasteiger partial charge on any atom is 0.265 e. The van der Waals surface area contributed by atoms with Gasteiger partial charge in [0, 0.05) is 13.1 Å². The lowest BCUT2D eigenvalue weighted by Crippen LogP contribution is -2.33. The van der Waals surface area contributed by atoms with E-state index in [9.17, 15) is 4.79 Å². The van der Waals surface area contributed by atoms with Crippen molar-refractivity contribution in [2.24, 2.45) is 0 Å². The number of nitrogens with zero attached hydrogens (tertiary/aromatic N) is 2. The quantitative estimate of drug-likeness (QED) is 0.738. The third kappa shape index (κ3) is 3.53. The standard InChI is InChI=1S/C16H19ClN2OS2/c1-11-14(16(20)19-9-5-3-2-4-6-10-19)22-15(18-11)12-7-8-13(17)21-12/h7-8H,2-6,9-10H2,1H3. The highest BCUT2D eigenvalue weighted by molar-refractivity contribution is 7.24. The van der Waals surface area contributed by atoms with E-state index in [4.69, 9.17) is 11.6 Å². The van der Waals surface area contributed by atoms with E-state index in [1.165, 1.54) is 41.9 Å². The lowest BCUT2D eigenvalue weighted by molar-refractivity contribution is 0.0746. The van der Waals surface area contributed by atoms with Crippen molar-refractivity contribution in [1.29, 1.82) is 0 Å². The monoisotopic (exact) mass is 354 g/mol. The van der Waals surface area contributed by atoms with Gasteiger partial charge in [-0.15, -0.1) is 22.7 Å². The molecule has 0 radical (unpaired) electrons. The molecule has 118 valence electrons. The number of aromatic nitrogens is 1. The number of rotatable bonds is 2. The zero-order chi connectivity index (χ0) is 15.5. The molecule has 3 nitrogen and oxygen atoms in total. The number of hydrogen-bond acceptors (Lipinski definition) is 4. The van der Waals surface area contributed by atoms with Crippen molar-refractivity contribution in [2.75, 3.05) is 13.1 Å². The third-order valence-corrected chi connectivity index (χ3v) is 6.46. The van der Waals surface area contributed by atoms with Crippen LogP contribution in [-0.2, 0) is 0 Å². The topological polar surface area (TPSA) is 33.2 Å². The van der Waals surface area contributed by atoms with Gasteiger partial charge in [-0.05, 0) is 31.9 Å². The zero-order valence-electron chi connectivity index (χ0n) is 12.6. The van der Waals surface area contributed by atoms with Gasteiger partial charge >= 0.3 is 0 Å². The van der Waals surface area contributed by atoms with Gasteiger partial charge in [-0.3, -0.25) is 4.79 Å². The van der Waals surface area contributed by atoms with E-state index >= 15 is 0 Å². The number of aryl methyl sites for hydroxylation is 1. The Hall–Kier alpha value is -0.910.